The van der Waals surface area contributed by atoms with Gasteiger partial charge in [-0.1, -0.05) is 26.0 Å². The van der Waals surface area contributed by atoms with E-state index in [-0.39, 0.29) is 11.5 Å². The Kier molecular flexibility index (Phi) is 6.27. The molecule has 0 aromatic heterocycles. The number of benzene rings is 1. The van der Waals surface area contributed by atoms with Crippen molar-refractivity contribution >= 4 is 5.69 Å². The van der Waals surface area contributed by atoms with Gasteiger partial charge in [-0.15, -0.1) is 0 Å². The van der Waals surface area contributed by atoms with E-state index in [1.54, 1.807) is 0 Å². The van der Waals surface area contributed by atoms with Crippen molar-refractivity contribution in [1.82, 2.24) is 5.32 Å². The standard InChI is InChI=1S/C19H32N2O/c1-16(22)13-19(2,3)15-20-14-17-7-9-18(10-8-17)21-11-5-4-6-12-21/h7-10,16,20,22H,4-6,11-15H2,1-3H3. The first kappa shape index (κ1) is 17.3. The number of hydrogen-bond donors (Lipinski definition) is 2. The lowest BCUT2D eigenvalue weighted by atomic mass is 9.87. The van der Waals surface area contributed by atoms with Gasteiger partial charge in [0.2, 0.25) is 0 Å². The summed E-state index contributed by atoms with van der Waals surface area (Å²) in [6.07, 6.45) is 4.61. The lowest BCUT2D eigenvalue weighted by Gasteiger charge is -2.29. The van der Waals surface area contributed by atoms with Crippen molar-refractivity contribution < 1.29 is 5.11 Å². The zero-order valence-corrected chi connectivity index (χ0v) is 14.4. The Morgan fingerprint density at radius 2 is 1.77 bits per heavy atom. The van der Waals surface area contributed by atoms with Crippen LogP contribution in [-0.2, 0) is 6.54 Å². The maximum atomic E-state index is 9.53. The second-order valence-corrected chi connectivity index (χ2v) is 7.54. The molecular weight excluding hydrogens is 272 g/mol. The number of nitrogens with zero attached hydrogens (tertiary/aromatic N) is 1. The molecule has 1 aliphatic heterocycles. The normalized spacial score (nSPS) is 17.5. The molecule has 0 aliphatic carbocycles. The molecule has 1 aromatic rings. The highest BCUT2D eigenvalue weighted by Gasteiger charge is 2.19. The molecule has 2 N–H and O–H groups in total. The van der Waals surface area contributed by atoms with Crippen molar-refractivity contribution in [3.63, 3.8) is 0 Å². The fourth-order valence-corrected chi connectivity index (χ4v) is 3.39. The van der Waals surface area contributed by atoms with Crippen LogP contribution in [0.4, 0.5) is 5.69 Å². The molecule has 1 aliphatic rings. The maximum Gasteiger partial charge on any atom is 0.0517 e. The average molecular weight is 304 g/mol. The summed E-state index contributed by atoms with van der Waals surface area (Å²) < 4.78 is 0. The maximum absolute atomic E-state index is 9.53. The van der Waals surface area contributed by atoms with Gasteiger partial charge < -0.3 is 15.3 Å². The lowest BCUT2D eigenvalue weighted by Crippen LogP contribution is -2.31. The van der Waals surface area contributed by atoms with Gasteiger partial charge in [-0.25, -0.2) is 0 Å². The molecule has 1 aromatic carbocycles. The molecule has 1 unspecified atom stereocenters. The van der Waals surface area contributed by atoms with Crippen molar-refractivity contribution in [3.8, 4) is 0 Å². The van der Waals surface area contributed by atoms with Crippen LogP contribution in [0.2, 0.25) is 0 Å². The molecule has 0 saturated carbocycles. The summed E-state index contributed by atoms with van der Waals surface area (Å²) in [4.78, 5) is 2.49. The topological polar surface area (TPSA) is 35.5 Å². The highest BCUT2D eigenvalue weighted by molar-refractivity contribution is 5.47. The van der Waals surface area contributed by atoms with Gasteiger partial charge in [0.15, 0.2) is 0 Å². The quantitative estimate of drug-likeness (QED) is 0.808. The average Bonchev–Trinajstić information content (AvgIpc) is 2.47. The lowest BCUT2D eigenvalue weighted by molar-refractivity contribution is 0.128. The van der Waals surface area contributed by atoms with E-state index in [0.717, 1.165) is 19.5 Å². The number of piperidine rings is 1. The third-order valence-corrected chi connectivity index (χ3v) is 4.44. The third-order valence-electron chi connectivity index (χ3n) is 4.44. The first-order valence-corrected chi connectivity index (χ1v) is 8.69. The Balaban J connectivity index is 1.79. The largest absolute Gasteiger partial charge is 0.393 e. The number of aliphatic hydroxyl groups is 1. The first-order valence-electron chi connectivity index (χ1n) is 8.69. The van der Waals surface area contributed by atoms with E-state index in [9.17, 15) is 5.11 Å². The van der Waals surface area contributed by atoms with Crippen LogP contribution in [0.3, 0.4) is 0 Å². The van der Waals surface area contributed by atoms with Crippen LogP contribution in [0.25, 0.3) is 0 Å². The van der Waals surface area contributed by atoms with Gasteiger partial charge in [0, 0.05) is 31.9 Å². The Bertz CT molecular complexity index is 433. The van der Waals surface area contributed by atoms with E-state index >= 15 is 0 Å². The first-order chi connectivity index (χ1) is 10.5. The second kappa shape index (κ2) is 7.98. The molecule has 3 heteroatoms. The SMILES string of the molecule is CC(O)CC(C)(C)CNCc1ccc(N2CCCCC2)cc1. The minimum absolute atomic E-state index is 0.127. The summed E-state index contributed by atoms with van der Waals surface area (Å²) in [5.74, 6) is 0. The van der Waals surface area contributed by atoms with E-state index in [1.807, 2.05) is 6.92 Å². The molecule has 0 radical (unpaired) electrons. The van der Waals surface area contributed by atoms with E-state index in [4.69, 9.17) is 0 Å². The number of aliphatic hydroxyl groups excluding tert-OH is 1. The van der Waals surface area contributed by atoms with Crippen LogP contribution >= 0.6 is 0 Å². The van der Waals surface area contributed by atoms with Crippen molar-refractivity contribution in [2.45, 2.75) is 59.1 Å². The van der Waals surface area contributed by atoms with E-state index in [0.29, 0.717) is 0 Å². The van der Waals surface area contributed by atoms with Crippen LogP contribution in [0.15, 0.2) is 24.3 Å². The van der Waals surface area contributed by atoms with Gasteiger partial charge in [0.25, 0.3) is 0 Å². The van der Waals surface area contributed by atoms with Gasteiger partial charge in [0.05, 0.1) is 6.10 Å². The summed E-state index contributed by atoms with van der Waals surface area (Å²) in [6.45, 7) is 10.5. The predicted octanol–water partition coefficient (Wildman–Crippen LogP) is 3.56. The Labute approximate surface area is 135 Å². The molecule has 0 bridgehead atoms. The summed E-state index contributed by atoms with van der Waals surface area (Å²) >= 11 is 0. The monoisotopic (exact) mass is 304 g/mol. The summed E-state index contributed by atoms with van der Waals surface area (Å²) in [5.41, 5.74) is 2.81. The molecular formula is C19H32N2O. The van der Waals surface area contributed by atoms with Crippen LogP contribution in [0.1, 0.15) is 52.0 Å². The highest BCUT2D eigenvalue weighted by atomic mass is 16.3. The molecule has 0 amide bonds. The number of anilines is 1. The predicted molar refractivity (Wildman–Crippen MR) is 94.3 cm³/mol. The Morgan fingerprint density at radius 1 is 1.14 bits per heavy atom. The molecule has 0 spiro atoms. The fraction of sp³-hybridized carbons (Fsp3) is 0.684. The molecule has 1 heterocycles. The van der Waals surface area contributed by atoms with Gasteiger partial charge in [-0.05, 0) is 55.7 Å². The minimum atomic E-state index is -0.236. The summed E-state index contributed by atoms with van der Waals surface area (Å²) in [5, 5.41) is 13.0. The minimum Gasteiger partial charge on any atom is -0.393 e. The fourth-order valence-electron chi connectivity index (χ4n) is 3.39. The number of nitrogens with one attached hydrogen (secondary N) is 1. The molecule has 124 valence electrons. The molecule has 22 heavy (non-hydrogen) atoms. The smallest absolute Gasteiger partial charge is 0.0517 e. The number of hydrogen-bond acceptors (Lipinski definition) is 3. The molecule has 3 nitrogen and oxygen atoms in total. The molecule has 1 fully saturated rings. The van der Waals surface area contributed by atoms with Crippen LogP contribution < -0.4 is 10.2 Å². The Hall–Kier alpha value is -1.06. The van der Waals surface area contributed by atoms with Gasteiger partial charge in [0.1, 0.15) is 0 Å². The molecule has 1 atom stereocenters. The zero-order valence-electron chi connectivity index (χ0n) is 14.4. The van der Waals surface area contributed by atoms with Crippen molar-refractivity contribution in [2.75, 3.05) is 24.5 Å². The molecule has 2 rings (SSSR count). The highest BCUT2D eigenvalue weighted by Crippen LogP contribution is 2.22. The van der Waals surface area contributed by atoms with Crippen molar-refractivity contribution in [1.29, 1.82) is 0 Å². The van der Waals surface area contributed by atoms with Crippen molar-refractivity contribution in [3.05, 3.63) is 29.8 Å². The summed E-state index contributed by atoms with van der Waals surface area (Å²) in [6, 6.07) is 8.98. The van der Waals surface area contributed by atoms with E-state index in [1.165, 1.54) is 43.6 Å². The zero-order chi connectivity index (χ0) is 16.0. The van der Waals surface area contributed by atoms with Crippen LogP contribution in [0.5, 0.6) is 0 Å². The van der Waals surface area contributed by atoms with Crippen molar-refractivity contribution in [2.24, 2.45) is 5.41 Å². The van der Waals surface area contributed by atoms with Gasteiger partial charge in [-0.2, -0.15) is 0 Å². The Morgan fingerprint density at radius 3 is 2.36 bits per heavy atom. The van der Waals surface area contributed by atoms with E-state index in [2.05, 4.69) is 48.3 Å². The third kappa shape index (κ3) is 5.62. The van der Waals surface area contributed by atoms with Crippen LogP contribution in [0, 0.1) is 5.41 Å². The van der Waals surface area contributed by atoms with Crippen LogP contribution in [-0.4, -0.2) is 30.8 Å². The molecule has 1 saturated heterocycles. The van der Waals surface area contributed by atoms with E-state index < -0.39 is 0 Å². The number of rotatable bonds is 7. The van der Waals surface area contributed by atoms with Gasteiger partial charge in [-0.3, -0.25) is 0 Å². The van der Waals surface area contributed by atoms with Gasteiger partial charge >= 0.3 is 0 Å². The summed E-state index contributed by atoms with van der Waals surface area (Å²) in [7, 11) is 0. The second-order valence-electron chi connectivity index (χ2n) is 7.54.